The van der Waals surface area contributed by atoms with Gasteiger partial charge in [-0.25, -0.2) is 0 Å². The summed E-state index contributed by atoms with van der Waals surface area (Å²) < 4.78 is 4.69. The zero-order valence-corrected chi connectivity index (χ0v) is 6.53. The molecule has 0 aliphatic rings. The van der Waals surface area contributed by atoms with Crippen LogP contribution in [-0.2, 0) is 14.3 Å². The van der Waals surface area contributed by atoms with E-state index in [0.717, 1.165) is 6.26 Å². The van der Waals surface area contributed by atoms with E-state index < -0.39 is 5.91 Å². The van der Waals surface area contributed by atoms with E-state index in [0.29, 0.717) is 6.61 Å². The number of nitriles is 1. The molecule has 5 heteroatoms. The first-order valence-electron chi connectivity index (χ1n) is 3.22. The van der Waals surface area contributed by atoms with Crippen LogP contribution in [0.25, 0.3) is 0 Å². The fourth-order valence-corrected chi connectivity index (χ4v) is 0.429. The third kappa shape index (κ3) is 3.37. The van der Waals surface area contributed by atoms with Crippen molar-refractivity contribution in [2.75, 3.05) is 6.61 Å². The molecule has 0 bridgehead atoms. The maximum absolute atomic E-state index is 10.8. The van der Waals surface area contributed by atoms with Crippen LogP contribution in [0.15, 0.2) is 11.8 Å². The first-order chi connectivity index (χ1) is 5.76. The molecule has 0 spiro atoms. The lowest BCUT2D eigenvalue weighted by atomic mass is 10.3. The molecule has 0 radical (unpaired) electrons. The lowest BCUT2D eigenvalue weighted by molar-refractivity contribution is -0.122. The number of imide groups is 1. The van der Waals surface area contributed by atoms with Gasteiger partial charge in [0.2, 0.25) is 6.41 Å². The molecule has 0 aliphatic carbocycles. The summed E-state index contributed by atoms with van der Waals surface area (Å²) in [4.78, 5) is 20.6. The maximum atomic E-state index is 10.8. The van der Waals surface area contributed by atoms with Crippen molar-refractivity contribution in [1.82, 2.24) is 5.32 Å². The quantitative estimate of drug-likeness (QED) is 0.270. The van der Waals surface area contributed by atoms with Crippen LogP contribution in [0.1, 0.15) is 6.92 Å². The van der Waals surface area contributed by atoms with Crippen LogP contribution in [0.5, 0.6) is 0 Å². The number of nitrogens with one attached hydrogen (secondary N) is 1. The molecule has 64 valence electrons. The summed E-state index contributed by atoms with van der Waals surface area (Å²) in [5.41, 5.74) is -0.232. The third-order valence-electron chi connectivity index (χ3n) is 0.923. The molecule has 0 heterocycles. The summed E-state index contributed by atoms with van der Waals surface area (Å²) >= 11 is 0. The van der Waals surface area contributed by atoms with Crippen LogP contribution in [0.3, 0.4) is 0 Å². The Bertz CT molecular complexity index is 240. The summed E-state index contributed by atoms with van der Waals surface area (Å²) in [6, 6.07) is 1.59. The van der Waals surface area contributed by atoms with Crippen LogP contribution in [-0.4, -0.2) is 18.9 Å². The van der Waals surface area contributed by atoms with Crippen molar-refractivity contribution < 1.29 is 14.3 Å². The Balaban J connectivity index is 4.25. The molecule has 0 aliphatic heterocycles. The molecule has 0 unspecified atom stereocenters. The van der Waals surface area contributed by atoms with Gasteiger partial charge in [0.05, 0.1) is 6.61 Å². The van der Waals surface area contributed by atoms with Crippen molar-refractivity contribution in [1.29, 1.82) is 5.26 Å². The lowest BCUT2D eigenvalue weighted by Gasteiger charge is -1.96. The number of hydrogen-bond acceptors (Lipinski definition) is 4. The first-order valence-corrected chi connectivity index (χ1v) is 3.22. The Kier molecular flexibility index (Phi) is 5.02. The molecule has 0 aromatic rings. The molecule has 0 saturated carbocycles. The number of nitrogens with zero attached hydrogens (tertiary/aromatic N) is 1. The van der Waals surface area contributed by atoms with Crippen molar-refractivity contribution in [2.24, 2.45) is 0 Å². The van der Waals surface area contributed by atoms with Crippen molar-refractivity contribution >= 4 is 12.3 Å². The van der Waals surface area contributed by atoms with Gasteiger partial charge in [0.15, 0.2) is 5.57 Å². The Morgan fingerprint density at radius 3 is 2.83 bits per heavy atom. The Morgan fingerprint density at radius 1 is 1.75 bits per heavy atom. The summed E-state index contributed by atoms with van der Waals surface area (Å²) in [6.07, 6.45) is 1.22. The Morgan fingerprint density at radius 2 is 2.42 bits per heavy atom. The smallest absolute Gasteiger partial charge is 0.271 e. The molecular weight excluding hydrogens is 160 g/mol. The normalized spacial score (nSPS) is 9.83. The minimum absolute atomic E-state index is 0.208. The average molecular weight is 168 g/mol. The van der Waals surface area contributed by atoms with Gasteiger partial charge in [-0.3, -0.25) is 14.9 Å². The number of carbonyl (C=O) groups excluding carboxylic acids is 2. The van der Waals surface area contributed by atoms with Gasteiger partial charge in [-0.2, -0.15) is 5.26 Å². The number of rotatable bonds is 4. The van der Waals surface area contributed by atoms with E-state index in [1.165, 1.54) is 0 Å². The summed E-state index contributed by atoms with van der Waals surface area (Å²) in [5.74, 6) is -0.763. The second-order valence-corrected chi connectivity index (χ2v) is 1.69. The molecule has 0 atom stereocenters. The number of amides is 2. The highest BCUT2D eigenvalue weighted by atomic mass is 16.5. The van der Waals surface area contributed by atoms with E-state index >= 15 is 0 Å². The summed E-state index contributed by atoms with van der Waals surface area (Å²) in [6.45, 7) is 2.07. The van der Waals surface area contributed by atoms with Crippen molar-refractivity contribution in [3.8, 4) is 6.07 Å². The monoisotopic (exact) mass is 168 g/mol. The first kappa shape index (κ1) is 10.2. The van der Waals surface area contributed by atoms with E-state index in [4.69, 9.17) is 10.00 Å². The van der Waals surface area contributed by atoms with Crippen LogP contribution in [0.2, 0.25) is 0 Å². The van der Waals surface area contributed by atoms with E-state index in [1.807, 2.05) is 5.32 Å². The highest BCUT2D eigenvalue weighted by Gasteiger charge is 2.06. The predicted octanol–water partition coefficient (Wildman–Crippen LogP) is -0.297. The minimum Gasteiger partial charge on any atom is -0.500 e. The largest absolute Gasteiger partial charge is 0.500 e. The topological polar surface area (TPSA) is 79.2 Å². The molecule has 0 rings (SSSR count). The Hall–Kier alpha value is -1.83. The van der Waals surface area contributed by atoms with Gasteiger partial charge in [0.1, 0.15) is 12.3 Å². The van der Waals surface area contributed by atoms with Gasteiger partial charge in [0, 0.05) is 0 Å². The number of ether oxygens (including phenoxy) is 1. The fourth-order valence-electron chi connectivity index (χ4n) is 0.429. The molecule has 2 amide bonds. The van der Waals surface area contributed by atoms with Crippen molar-refractivity contribution in [2.45, 2.75) is 6.92 Å². The van der Waals surface area contributed by atoms with E-state index in [9.17, 15) is 9.59 Å². The number of carbonyl (C=O) groups is 2. The Labute approximate surface area is 69.6 Å². The maximum Gasteiger partial charge on any atom is 0.271 e. The van der Waals surface area contributed by atoms with Gasteiger partial charge in [0.25, 0.3) is 5.91 Å². The standard InChI is InChI=1S/C7H8N2O3/c1-2-12-4-6(3-8)7(11)9-5-10/h4-5H,2H2,1H3,(H,9,10,11). The minimum atomic E-state index is -0.763. The van der Waals surface area contributed by atoms with Crippen LogP contribution in [0, 0.1) is 11.3 Å². The molecule has 0 saturated heterocycles. The average Bonchev–Trinajstić information content (AvgIpc) is 2.06. The van der Waals surface area contributed by atoms with Crippen LogP contribution >= 0.6 is 0 Å². The molecule has 5 nitrogen and oxygen atoms in total. The van der Waals surface area contributed by atoms with Gasteiger partial charge < -0.3 is 4.74 Å². The molecule has 0 aromatic carbocycles. The van der Waals surface area contributed by atoms with Crippen molar-refractivity contribution in [3.63, 3.8) is 0 Å². The summed E-state index contributed by atoms with van der Waals surface area (Å²) in [7, 11) is 0. The van der Waals surface area contributed by atoms with E-state index in [2.05, 4.69) is 0 Å². The van der Waals surface area contributed by atoms with Gasteiger partial charge >= 0.3 is 0 Å². The molecule has 0 fully saturated rings. The van der Waals surface area contributed by atoms with E-state index in [-0.39, 0.29) is 12.0 Å². The second-order valence-electron chi connectivity index (χ2n) is 1.69. The van der Waals surface area contributed by atoms with Gasteiger partial charge in [-0.1, -0.05) is 0 Å². The van der Waals surface area contributed by atoms with Gasteiger partial charge in [-0.05, 0) is 6.92 Å². The van der Waals surface area contributed by atoms with E-state index in [1.54, 1.807) is 13.0 Å². The number of hydrogen-bond donors (Lipinski definition) is 1. The van der Waals surface area contributed by atoms with Crippen molar-refractivity contribution in [3.05, 3.63) is 11.8 Å². The zero-order valence-electron chi connectivity index (χ0n) is 6.53. The lowest BCUT2D eigenvalue weighted by Crippen LogP contribution is -2.22. The summed E-state index contributed by atoms with van der Waals surface area (Å²) in [5, 5.41) is 10.2. The highest BCUT2D eigenvalue weighted by molar-refractivity contribution is 6.01. The molecule has 1 N–H and O–H groups in total. The van der Waals surface area contributed by atoms with Crippen LogP contribution in [0.4, 0.5) is 0 Å². The molecule has 0 aromatic heterocycles. The van der Waals surface area contributed by atoms with Crippen LogP contribution < -0.4 is 5.32 Å². The predicted molar refractivity (Wildman–Crippen MR) is 39.5 cm³/mol. The van der Waals surface area contributed by atoms with Gasteiger partial charge in [-0.15, -0.1) is 0 Å². The third-order valence-corrected chi connectivity index (χ3v) is 0.923. The molecule has 12 heavy (non-hydrogen) atoms. The zero-order chi connectivity index (χ0) is 9.40. The highest BCUT2D eigenvalue weighted by Crippen LogP contribution is 1.92. The molecular formula is C7H8N2O3. The SMILES string of the molecule is CCOC=C(C#N)C(=O)NC=O. The fraction of sp³-hybridized carbons (Fsp3) is 0.286. The second kappa shape index (κ2) is 5.92.